The highest BCUT2D eigenvalue weighted by Crippen LogP contribution is 2.32. The smallest absolute Gasteiger partial charge is 0.166 e. The van der Waals surface area contributed by atoms with Crippen LogP contribution in [0.1, 0.15) is 47.4 Å². The maximum atomic E-state index is 11.6. The third-order valence-corrected chi connectivity index (χ3v) is 2.82. The van der Waals surface area contributed by atoms with Crippen molar-refractivity contribution in [1.82, 2.24) is 9.78 Å². The lowest BCUT2D eigenvalue weighted by Crippen LogP contribution is -2.15. The summed E-state index contributed by atoms with van der Waals surface area (Å²) in [4.78, 5) is 11.6. The van der Waals surface area contributed by atoms with E-state index in [9.17, 15) is 4.79 Å². The monoisotopic (exact) mass is 178 g/mol. The Morgan fingerprint density at radius 1 is 1.54 bits per heavy atom. The molecule has 1 aromatic rings. The van der Waals surface area contributed by atoms with Crippen LogP contribution in [-0.2, 0) is 7.05 Å². The van der Waals surface area contributed by atoms with Crippen molar-refractivity contribution in [2.45, 2.75) is 32.6 Å². The molecule has 0 saturated heterocycles. The van der Waals surface area contributed by atoms with E-state index in [4.69, 9.17) is 0 Å². The third-order valence-electron chi connectivity index (χ3n) is 2.82. The Balaban J connectivity index is 2.65. The van der Waals surface area contributed by atoms with Crippen LogP contribution in [0.4, 0.5) is 0 Å². The van der Waals surface area contributed by atoms with E-state index in [1.54, 1.807) is 0 Å². The Morgan fingerprint density at radius 2 is 2.23 bits per heavy atom. The lowest BCUT2D eigenvalue weighted by atomic mass is 9.87. The number of rotatable bonds is 0. The molecule has 3 nitrogen and oxygen atoms in total. The fourth-order valence-electron chi connectivity index (χ4n) is 2.20. The van der Waals surface area contributed by atoms with E-state index < -0.39 is 0 Å². The second kappa shape index (κ2) is 2.69. The van der Waals surface area contributed by atoms with Crippen LogP contribution in [0.3, 0.4) is 0 Å². The summed E-state index contributed by atoms with van der Waals surface area (Å²) in [6.45, 7) is 4.07. The fraction of sp³-hybridized carbons (Fsp3) is 0.600. The van der Waals surface area contributed by atoms with Gasteiger partial charge < -0.3 is 0 Å². The largest absolute Gasteiger partial charge is 0.294 e. The average molecular weight is 178 g/mol. The molecule has 1 aliphatic rings. The standard InChI is InChI=1S/C10H14N2O/c1-6-4-5-8(13)9-7(2)11-12(3)10(6)9/h6H,4-5H2,1-3H3. The Labute approximate surface area is 77.7 Å². The van der Waals surface area contributed by atoms with E-state index in [-0.39, 0.29) is 5.78 Å². The molecule has 13 heavy (non-hydrogen) atoms. The zero-order valence-electron chi connectivity index (χ0n) is 8.29. The summed E-state index contributed by atoms with van der Waals surface area (Å²) in [5.41, 5.74) is 2.88. The molecule has 0 spiro atoms. The van der Waals surface area contributed by atoms with Crippen molar-refractivity contribution in [3.63, 3.8) is 0 Å². The van der Waals surface area contributed by atoms with E-state index >= 15 is 0 Å². The van der Waals surface area contributed by atoms with Gasteiger partial charge in [0.15, 0.2) is 5.78 Å². The number of aryl methyl sites for hydroxylation is 2. The predicted octanol–water partition coefficient (Wildman–Crippen LogP) is 1.81. The first kappa shape index (κ1) is 8.48. The summed E-state index contributed by atoms with van der Waals surface area (Å²) in [6, 6.07) is 0. The van der Waals surface area contributed by atoms with Crippen molar-refractivity contribution in [1.29, 1.82) is 0 Å². The van der Waals surface area contributed by atoms with Crippen LogP contribution in [0.2, 0.25) is 0 Å². The maximum absolute atomic E-state index is 11.6. The minimum absolute atomic E-state index is 0.263. The van der Waals surface area contributed by atoms with Crippen molar-refractivity contribution >= 4 is 5.78 Å². The quantitative estimate of drug-likeness (QED) is 0.607. The van der Waals surface area contributed by atoms with Gasteiger partial charge in [0.05, 0.1) is 17.0 Å². The number of hydrogen-bond donors (Lipinski definition) is 0. The number of hydrogen-bond acceptors (Lipinski definition) is 2. The number of aromatic nitrogens is 2. The fourth-order valence-corrected chi connectivity index (χ4v) is 2.20. The van der Waals surface area contributed by atoms with Gasteiger partial charge in [0, 0.05) is 13.5 Å². The predicted molar refractivity (Wildman–Crippen MR) is 49.9 cm³/mol. The molecule has 3 heteroatoms. The van der Waals surface area contributed by atoms with Crippen molar-refractivity contribution in [3.8, 4) is 0 Å². The van der Waals surface area contributed by atoms with Crippen LogP contribution >= 0.6 is 0 Å². The molecule has 0 aromatic carbocycles. The van der Waals surface area contributed by atoms with Crippen LogP contribution in [0, 0.1) is 6.92 Å². The van der Waals surface area contributed by atoms with Crippen molar-refractivity contribution in [3.05, 3.63) is 17.0 Å². The first-order valence-corrected chi connectivity index (χ1v) is 4.68. The van der Waals surface area contributed by atoms with Gasteiger partial charge in [-0.15, -0.1) is 0 Å². The summed E-state index contributed by atoms with van der Waals surface area (Å²) in [5, 5.41) is 4.29. The molecule has 0 saturated carbocycles. The molecule has 70 valence electrons. The molecule has 0 aliphatic heterocycles. The highest BCUT2D eigenvalue weighted by molar-refractivity contribution is 5.99. The Bertz CT molecular complexity index is 365. The van der Waals surface area contributed by atoms with Gasteiger partial charge in [-0.3, -0.25) is 9.48 Å². The minimum Gasteiger partial charge on any atom is -0.294 e. The summed E-state index contributed by atoms with van der Waals surface area (Å²) >= 11 is 0. The molecule has 2 rings (SSSR count). The third kappa shape index (κ3) is 1.10. The molecule has 0 fully saturated rings. The number of carbonyl (C=O) groups is 1. The molecular weight excluding hydrogens is 164 g/mol. The van der Waals surface area contributed by atoms with Crippen molar-refractivity contribution in [2.75, 3.05) is 0 Å². The number of carbonyl (C=O) groups excluding carboxylic acids is 1. The van der Waals surface area contributed by atoms with E-state index in [2.05, 4.69) is 12.0 Å². The normalized spacial score (nSPS) is 21.8. The molecule has 1 heterocycles. The van der Waals surface area contributed by atoms with E-state index in [1.165, 1.54) is 0 Å². The summed E-state index contributed by atoms with van der Waals surface area (Å²) < 4.78 is 1.85. The number of ketones is 1. The Kier molecular flexibility index (Phi) is 1.75. The Hall–Kier alpha value is -1.12. The highest BCUT2D eigenvalue weighted by atomic mass is 16.1. The van der Waals surface area contributed by atoms with Crippen LogP contribution < -0.4 is 0 Å². The molecule has 1 unspecified atom stereocenters. The van der Waals surface area contributed by atoms with Crippen molar-refractivity contribution < 1.29 is 4.79 Å². The van der Waals surface area contributed by atoms with Crippen LogP contribution in [0.15, 0.2) is 0 Å². The molecule has 1 atom stereocenters. The summed E-state index contributed by atoms with van der Waals surface area (Å²) in [7, 11) is 1.92. The summed E-state index contributed by atoms with van der Waals surface area (Å²) in [6.07, 6.45) is 1.64. The second-order valence-corrected chi connectivity index (χ2v) is 3.83. The first-order valence-electron chi connectivity index (χ1n) is 4.68. The van der Waals surface area contributed by atoms with E-state index in [1.807, 2.05) is 18.7 Å². The van der Waals surface area contributed by atoms with Gasteiger partial charge in [-0.1, -0.05) is 6.92 Å². The maximum Gasteiger partial charge on any atom is 0.166 e. The Morgan fingerprint density at radius 3 is 2.85 bits per heavy atom. The second-order valence-electron chi connectivity index (χ2n) is 3.83. The number of Topliss-reactive ketones (excluding diaryl/α,β-unsaturated/α-hetero) is 1. The molecule has 1 aliphatic carbocycles. The van der Waals surface area contributed by atoms with Crippen molar-refractivity contribution in [2.24, 2.45) is 7.05 Å². The van der Waals surface area contributed by atoms with E-state index in [0.29, 0.717) is 12.3 Å². The lowest BCUT2D eigenvalue weighted by Gasteiger charge is -2.18. The molecule has 0 radical (unpaired) electrons. The average Bonchev–Trinajstić information content (AvgIpc) is 2.36. The number of fused-ring (bicyclic) bond motifs is 1. The summed E-state index contributed by atoms with van der Waals surface area (Å²) in [5.74, 6) is 0.734. The molecule has 1 aromatic heterocycles. The zero-order chi connectivity index (χ0) is 9.59. The van der Waals surface area contributed by atoms with Gasteiger partial charge in [0.2, 0.25) is 0 Å². The first-order chi connectivity index (χ1) is 6.11. The lowest BCUT2D eigenvalue weighted by molar-refractivity contribution is 0.0966. The number of nitrogens with zero attached hydrogens (tertiary/aromatic N) is 2. The van der Waals surface area contributed by atoms with Gasteiger partial charge in [0.1, 0.15) is 0 Å². The molecule has 0 amide bonds. The zero-order valence-corrected chi connectivity index (χ0v) is 8.29. The van der Waals surface area contributed by atoms with Crippen LogP contribution in [0.25, 0.3) is 0 Å². The van der Waals surface area contributed by atoms with Gasteiger partial charge in [0.25, 0.3) is 0 Å². The van der Waals surface area contributed by atoms with Crippen LogP contribution in [-0.4, -0.2) is 15.6 Å². The van der Waals surface area contributed by atoms with Crippen LogP contribution in [0.5, 0.6) is 0 Å². The molecule has 0 bridgehead atoms. The van der Waals surface area contributed by atoms with Gasteiger partial charge >= 0.3 is 0 Å². The SMILES string of the molecule is Cc1nn(C)c2c1C(=O)CCC2C. The minimum atomic E-state index is 0.263. The van der Waals surface area contributed by atoms with Gasteiger partial charge in [-0.2, -0.15) is 5.10 Å². The van der Waals surface area contributed by atoms with E-state index in [0.717, 1.165) is 23.4 Å². The topological polar surface area (TPSA) is 34.9 Å². The molecule has 0 N–H and O–H groups in total. The highest BCUT2D eigenvalue weighted by Gasteiger charge is 2.28. The van der Waals surface area contributed by atoms with Gasteiger partial charge in [-0.05, 0) is 19.3 Å². The molecular formula is C10H14N2O. The van der Waals surface area contributed by atoms with Gasteiger partial charge in [-0.25, -0.2) is 0 Å².